The lowest BCUT2D eigenvalue weighted by Gasteiger charge is -1.96. The summed E-state index contributed by atoms with van der Waals surface area (Å²) in [7, 11) is 0. The Hall–Kier alpha value is -1.13. The van der Waals surface area contributed by atoms with Crippen LogP contribution in [0.4, 0.5) is 0 Å². The maximum Gasteiger partial charge on any atom is 0.314 e. The fourth-order valence-electron chi connectivity index (χ4n) is 1.13. The molecule has 0 spiro atoms. The Morgan fingerprint density at radius 2 is 2.07 bits per heavy atom. The molecule has 1 heterocycles. The van der Waals surface area contributed by atoms with Crippen molar-refractivity contribution in [2.45, 2.75) is 6.42 Å². The largest absolute Gasteiger partial charge is 0.348 e. The first kappa shape index (κ1) is 9.43. The predicted molar refractivity (Wildman–Crippen MR) is 55.9 cm³/mol. The second-order valence-electron chi connectivity index (χ2n) is 2.83. The maximum absolute atomic E-state index is 5.76. The molecule has 3 nitrogen and oxygen atoms in total. The van der Waals surface area contributed by atoms with E-state index in [1.165, 1.54) is 0 Å². The molecule has 0 aliphatic rings. The van der Waals surface area contributed by atoms with Gasteiger partial charge >= 0.3 is 4.84 Å². The molecule has 1 aromatic heterocycles. The maximum atomic E-state index is 5.76. The summed E-state index contributed by atoms with van der Waals surface area (Å²) in [5, 5.41) is 3.37. The molecule has 72 valence electrons. The normalized spacial score (nSPS) is 10.4. The van der Waals surface area contributed by atoms with E-state index in [1.54, 1.807) is 0 Å². The van der Waals surface area contributed by atoms with Crippen molar-refractivity contribution in [3.8, 4) is 0 Å². The van der Waals surface area contributed by atoms with Crippen molar-refractivity contribution in [1.82, 2.24) is 10.1 Å². The topological polar surface area (TPSA) is 41.8 Å². The minimum Gasteiger partial charge on any atom is -0.348 e. The molecule has 14 heavy (non-hydrogen) atoms. The van der Waals surface area contributed by atoms with Gasteiger partial charge in [-0.25, -0.2) is 5.16 Å². The van der Waals surface area contributed by atoms with Crippen LogP contribution in [0.5, 0.6) is 0 Å². The van der Waals surface area contributed by atoms with Gasteiger partial charge in [0.05, 0.1) is 0 Å². The Balaban J connectivity index is 2.19. The number of rotatable bonds is 2. The summed E-state index contributed by atoms with van der Waals surface area (Å²) in [5.74, 6) is 0.720. The molecule has 1 aromatic carbocycles. The van der Waals surface area contributed by atoms with Crippen LogP contribution >= 0.6 is 23.8 Å². The molecule has 2 rings (SSSR count). The molecule has 0 radical (unpaired) electrons. The van der Waals surface area contributed by atoms with Crippen LogP contribution in [0.1, 0.15) is 11.4 Å². The van der Waals surface area contributed by atoms with Crippen molar-refractivity contribution in [3.05, 3.63) is 45.5 Å². The fraction of sp³-hybridized carbons (Fsp3) is 0.111. The highest BCUT2D eigenvalue weighted by Gasteiger charge is 2.00. The van der Waals surface area contributed by atoms with Crippen LogP contribution in [0.15, 0.2) is 28.8 Å². The Morgan fingerprint density at radius 3 is 2.64 bits per heavy atom. The van der Waals surface area contributed by atoms with Crippen molar-refractivity contribution in [3.63, 3.8) is 0 Å². The number of nitrogens with one attached hydrogen (secondary N) is 1. The van der Waals surface area contributed by atoms with Gasteiger partial charge in [0, 0.05) is 11.4 Å². The zero-order valence-electron chi connectivity index (χ0n) is 7.16. The lowest BCUT2D eigenvalue weighted by molar-refractivity contribution is 0.399. The van der Waals surface area contributed by atoms with Gasteiger partial charge in [0.15, 0.2) is 0 Å². The van der Waals surface area contributed by atoms with E-state index in [1.807, 2.05) is 24.3 Å². The first-order chi connectivity index (χ1) is 6.74. The zero-order chi connectivity index (χ0) is 9.97. The Morgan fingerprint density at radius 1 is 1.36 bits per heavy atom. The lowest BCUT2D eigenvalue weighted by atomic mass is 10.1. The van der Waals surface area contributed by atoms with Gasteiger partial charge in [-0.2, -0.15) is 4.98 Å². The van der Waals surface area contributed by atoms with Crippen LogP contribution in [0.25, 0.3) is 0 Å². The van der Waals surface area contributed by atoms with Gasteiger partial charge in [0.1, 0.15) is 5.82 Å². The van der Waals surface area contributed by atoms with Crippen LogP contribution in [0.2, 0.25) is 5.02 Å². The number of aromatic amines is 1. The van der Waals surface area contributed by atoms with E-state index in [0.29, 0.717) is 6.42 Å². The van der Waals surface area contributed by atoms with Crippen molar-refractivity contribution >= 4 is 23.8 Å². The molecule has 5 heteroatoms. The molecular formula is C9H7ClN2OS. The van der Waals surface area contributed by atoms with E-state index < -0.39 is 0 Å². The van der Waals surface area contributed by atoms with Gasteiger partial charge in [-0.05, 0) is 29.9 Å². The van der Waals surface area contributed by atoms with Gasteiger partial charge in [-0.15, -0.1) is 0 Å². The minimum absolute atomic E-state index is 0.231. The third-order valence-corrected chi connectivity index (χ3v) is 2.19. The van der Waals surface area contributed by atoms with Crippen LogP contribution in [0, 0.1) is 4.84 Å². The molecule has 0 saturated carbocycles. The van der Waals surface area contributed by atoms with Gasteiger partial charge in [0.25, 0.3) is 0 Å². The highest BCUT2D eigenvalue weighted by molar-refractivity contribution is 7.71. The number of nitrogens with zero attached hydrogens (tertiary/aromatic N) is 1. The summed E-state index contributed by atoms with van der Waals surface area (Å²) < 4.78 is 4.81. The van der Waals surface area contributed by atoms with Gasteiger partial charge < -0.3 is 4.52 Å². The highest BCUT2D eigenvalue weighted by atomic mass is 35.5. The fourth-order valence-corrected chi connectivity index (χ4v) is 1.41. The number of benzene rings is 1. The Bertz CT molecular complexity index is 474. The molecule has 0 amide bonds. The summed E-state index contributed by atoms with van der Waals surface area (Å²) in [4.78, 5) is 4.22. The third kappa shape index (κ3) is 2.21. The highest BCUT2D eigenvalue weighted by Crippen LogP contribution is 2.11. The average Bonchev–Trinajstić information content (AvgIpc) is 2.56. The quantitative estimate of drug-likeness (QED) is 0.801. The first-order valence-corrected chi connectivity index (χ1v) is 4.81. The molecule has 0 aliphatic carbocycles. The number of halogens is 1. The van der Waals surface area contributed by atoms with Crippen LogP contribution in [-0.2, 0) is 6.42 Å². The SMILES string of the molecule is S=c1nc(Cc2ccc(Cl)cc2)[nH]o1. The van der Waals surface area contributed by atoms with Crippen molar-refractivity contribution in [2.75, 3.05) is 0 Å². The second kappa shape index (κ2) is 3.94. The molecule has 2 aromatic rings. The molecule has 0 saturated heterocycles. The van der Waals surface area contributed by atoms with Crippen molar-refractivity contribution in [1.29, 1.82) is 0 Å². The monoisotopic (exact) mass is 226 g/mol. The number of hydrogen-bond donors (Lipinski definition) is 1. The van der Waals surface area contributed by atoms with Crippen molar-refractivity contribution in [2.24, 2.45) is 0 Å². The van der Waals surface area contributed by atoms with Crippen LogP contribution < -0.4 is 0 Å². The van der Waals surface area contributed by atoms with E-state index >= 15 is 0 Å². The summed E-state index contributed by atoms with van der Waals surface area (Å²) >= 11 is 10.5. The molecule has 0 bridgehead atoms. The Labute approximate surface area is 90.7 Å². The van der Waals surface area contributed by atoms with Crippen molar-refractivity contribution < 1.29 is 4.52 Å². The van der Waals surface area contributed by atoms with E-state index in [2.05, 4.69) is 10.1 Å². The van der Waals surface area contributed by atoms with E-state index in [-0.39, 0.29) is 4.84 Å². The van der Waals surface area contributed by atoms with E-state index in [4.69, 9.17) is 28.3 Å². The van der Waals surface area contributed by atoms with Crippen LogP contribution in [0.3, 0.4) is 0 Å². The predicted octanol–water partition coefficient (Wildman–Crippen LogP) is 2.98. The molecular weight excluding hydrogens is 220 g/mol. The second-order valence-corrected chi connectivity index (χ2v) is 3.62. The van der Waals surface area contributed by atoms with E-state index in [0.717, 1.165) is 16.4 Å². The number of H-pyrrole nitrogens is 1. The third-order valence-electron chi connectivity index (χ3n) is 1.77. The minimum atomic E-state index is 0.231. The van der Waals surface area contributed by atoms with Gasteiger partial charge in [-0.1, -0.05) is 23.7 Å². The standard InChI is InChI=1S/C9H7ClN2OS/c10-7-3-1-6(2-4-7)5-8-11-9(14)13-12-8/h1-4H,5H2,(H,11,12,14). The molecule has 0 fully saturated rings. The average molecular weight is 227 g/mol. The number of aromatic nitrogens is 2. The molecule has 1 N–H and O–H groups in total. The summed E-state index contributed by atoms with van der Waals surface area (Å²) in [6, 6.07) is 7.55. The zero-order valence-corrected chi connectivity index (χ0v) is 8.73. The van der Waals surface area contributed by atoms with E-state index in [9.17, 15) is 0 Å². The smallest absolute Gasteiger partial charge is 0.314 e. The van der Waals surface area contributed by atoms with Gasteiger partial charge in [0.2, 0.25) is 0 Å². The number of hydrogen-bond acceptors (Lipinski definition) is 3. The first-order valence-electron chi connectivity index (χ1n) is 4.03. The summed E-state index contributed by atoms with van der Waals surface area (Å²) in [6.45, 7) is 0. The lowest BCUT2D eigenvalue weighted by Crippen LogP contribution is -1.89. The Kier molecular flexibility index (Phi) is 2.65. The molecule has 0 atom stereocenters. The van der Waals surface area contributed by atoms with Crippen LogP contribution in [-0.4, -0.2) is 10.1 Å². The summed E-state index contributed by atoms with van der Waals surface area (Å²) in [5.41, 5.74) is 1.11. The molecule has 0 unspecified atom stereocenters. The van der Waals surface area contributed by atoms with Gasteiger partial charge in [-0.3, -0.25) is 0 Å². The molecule has 0 aliphatic heterocycles. The summed E-state index contributed by atoms with van der Waals surface area (Å²) in [6.07, 6.45) is 0.664.